The normalized spacial score (nSPS) is 10.6. The maximum atomic E-state index is 13.0. The molecule has 0 saturated heterocycles. The standard InChI is InChI=1S/C23H16N2O2/c1-2-11-25-21(14-24)22(16-6-4-3-5-7-16)20-13-17(18-10-12-27-15-18)8-9-19(20)23(25)26/h2-10,12-13,15H,1,11H2. The molecule has 0 aliphatic rings. The number of hydrogen-bond donors (Lipinski definition) is 0. The highest BCUT2D eigenvalue weighted by atomic mass is 16.3. The Bertz CT molecular complexity index is 1230. The molecule has 27 heavy (non-hydrogen) atoms. The first-order valence-electron chi connectivity index (χ1n) is 8.54. The van der Waals surface area contributed by atoms with Gasteiger partial charge in [0, 0.05) is 23.1 Å². The summed E-state index contributed by atoms with van der Waals surface area (Å²) in [4.78, 5) is 13.0. The van der Waals surface area contributed by atoms with E-state index in [1.165, 1.54) is 4.57 Å². The molecule has 0 spiro atoms. The van der Waals surface area contributed by atoms with Crippen LogP contribution in [-0.2, 0) is 6.54 Å². The molecule has 130 valence electrons. The third-order valence-electron chi connectivity index (χ3n) is 4.61. The summed E-state index contributed by atoms with van der Waals surface area (Å²) in [5, 5.41) is 11.2. The summed E-state index contributed by atoms with van der Waals surface area (Å²) >= 11 is 0. The van der Waals surface area contributed by atoms with E-state index in [1.807, 2.05) is 54.6 Å². The molecule has 0 bridgehead atoms. The van der Waals surface area contributed by atoms with Crippen LogP contribution in [0.25, 0.3) is 33.0 Å². The van der Waals surface area contributed by atoms with Crippen molar-refractivity contribution in [2.24, 2.45) is 0 Å². The van der Waals surface area contributed by atoms with E-state index in [-0.39, 0.29) is 12.1 Å². The van der Waals surface area contributed by atoms with Crippen molar-refractivity contribution in [3.63, 3.8) is 0 Å². The van der Waals surface area contributed by atoms with E-state index < -0.39 is 0 Å². The van der Waals surface area contributed by atoms with Crippen molar-refractivity contribution in [2.75, 3.05) is 0 Å². The van der Waals surface area contributed by atoms with E-state index in [2.05, 4.69) is 12.6 Å². The van der Waals surface area contributed by atoms with Gasteiger partial charge in [-0.1, -0.05) is 42.5 Å². The van der Waals surface area contributed by atoms with Gasteiger partial charge in [-0.25, -0.2) is 0 Å². The third kappa shape index (κ3) is 2.76. The van der Waals surface area contributed by atoms with Crippen LogP contribution >= 0.6 is 0 Å². The number of furan rings is 1. The summed E-state index contributed by atoms with van der Waals surface area (Å²) in [7, 11) is 0. The Morgan fingerprint density at radius 3 is 2.52 bits per heavy atom. The number of rotatable bonds is 4. The third-order valence-corrected chi connectivity index (χ3v) is 4.61. The first kappa shape index (κ1) is 16.6. The van der Waals surface area contributed by atoms with Crippen molar-refractivity contribution in [3.8, 4) is 28.3 Å². The van der Waals surface area contributed by atoms with Gasteiger partial charge in [0.25, 0.3) is 5.56 Å². The first-order valence-corrected chi connectivity index (χ1v) is 8.54. The highest BCUT2D eigenvalue weighted by molar-refractivity contribution is 6.00. The predicted octanol–water partition coefficient (Wildman–Crippen LogP) is 4.99. The molecule has 0 aliphatic carbocycles. The van der Waals surface area contributed by atoms with Crippen molar-refractivity contribution in [2.45, 2.75) is 6.54 Å². The molecule has 2 aromatic heterocycles. The Hall–Kier alpha value is -3.84. The lowest BCUT2D eigenvalue weighted by molar-refractivity contribution is 0.568. The fourth-order valence-electron chi connectivity index (χ4n) is 3.37. The largest absolute Gasteiger partial charge is 0.472 e. The monoisotopic (exact) mass is 352 g/mol. The second kappa shape index (κ2) is 6.81. The Morgan fingerprint density at radius 1 is 1.04 bits per heavy atom. The van der Waals surface area contributed by atoms with Crippen molar-refractivity contribution >= 4 is 10.8 Å². The van der Waals surface area contributed by atoms with E-state index in [9.17, 15) is 10.1 Å². The maximum absolute atomic E-state index is 13.0. The van der Waals surface area contributed by atoms with Gasteiger partial charge in [0.1, 0.15) is 11.8 Å². The molecule has 0 radical (unpaired) electrons. The van der Waals surface area contributed by atoms with Crippen molar-refractivity contribution in [1.82, 2.24) is 4.57 Å². The molecule has 0 amide bonds. The number of fused-ring (bicyclic) bond motifs is 1. The molecule has 4 nitrogen and oxygen atoms in total. The van der Waals surface area contributed by atoms with Gasteiger partial charge in [0.2, 0.25) is 0 Å². The van der Waals surface area contributed by atoms with Crippen LogP contribution in [-0.4, -0.2) is 4.57 Å². The Morgan fingerprint density at radius 2 is 1.85 bits per heavy atom. The molecular formula is C23H16N2O2. The van der Waals surface area contributed by atoms with E-state index in [0.29, 0.717) is 11.1 Å². The summed E-state index contributed by atoms with van der Waals surface area (Å²) in [5.41, 5.74) is 3.63. The van der Waals surface area contributed by atoms with Gasteiger partial charge in [-0.05, 0) is 34.7 Å². The molecule has 4 aromatic rings. The minimum absolute atomic E-state index is 0.195. The van der Waals surface area contributed by atoms with Gasteiger partial charge in [-0.2, -0.15) is 5.26 Å². The van der Waals surface area contributed by atoms with Crippen LogP contribution < -0.4 is 5.56 Å². The number of aromatic nitrogens is 1. The number of nitriles is 1. The maximum Gasteiger partial charge on any atom is 0.259 e. The summed E-state index contributed by atoms with van der Waals surface area (Å²) < 4.78 is 6.67. The van der Waals surface area contributed by atoms with Crippen LogP contribution in [0.3, 0.4) is 0 Å². The summed E-state index contributed by atoms with van der Waals surface area (Å²) in [6.07, 6.45) is 4.90. The summed E-state index contributed by atoms with van der Waals surface area (Å²) in [5.74, 6) is 0. The van der Waals surface area contributed by atoms with Crippen molar-refractivity contribution < 1.29 is 4.42 Å². The molecule has 0 aliphatic heterocycles. The van der Waals surface area contributed by atoms with E-state index >= 15 is 0 Å². The second-order valence-electron chi connectivity index (χ2n) is 6.18. The van der Waals surface area contributed by atoms with Gasteiger partial charge >= 0.3 is 0 Å². The minimum atomic E-state index is -0.195. The summed E-state index contributed by atoms with van der Waals surface area (Å²) in [6.45, 7) is 4.00. The number of nitrogens with zero attached hydrogens (tertiary/aromatic N) is 2. The van der Waals surface area contributed by atoms with Crippen LogP contribution in [0.2, 0.25) is 0 Å². The van der Waals surface area contributed by atoms with Crippen LogP contribution in [0.4, 0.5) is 0 Å². The molecular weight excluding hydrogens is 336 g/mol. The smallest absolute Gasteiger partial charge is 0.259 e. The number of allylic oxidation sites excluding steroid dienone is 1. The molecule has 0 atom stereocenters. The molecule has 2 heterocycles. The first-order chi connectivity index (χ1) is 13.2. The predicted molar refractivity (Wildman–Crippen MR) is 106 cm³/mol. The average Bonchev–Trinajstić information content (AvgIpc) is 3.25. The van der Waals surface area contributed by atoms with Crippen LogP contribution in [0.15, 0.2) is 89.0 Å². The zero-order valence-corrected chi connectivity index (χ0v) is 14.6. The number of pyridine rings is 1. The Balaban J connectivity index is 2.16. The average molecular weight is 352 g/mol. The van der Waals surface area contributed by atoms with E-state index in [1.54, 1.807) is 18.6 Å². The Kier molecular flexibility index (Phi) is 4.19. The fraction of sp³-hybridized carbons (Fsp3) is 0.0435. The van der Waals surface area contributed by atoms with Gasteiger partial charge in [0.05, 0.1) is 12.5 Å². The molecule has 4 heteroatoms. The minimum Gasteiger partial charge on any atom is -0.472 e. The topological polar surface area (TPSA) is 58.9 Å². The quantitative estimate of drug-likeness (QED) is 0.486. The van der Waals surface area contributed by atoms with E-state index in [4.69, 9.17) is 4.42 Å². The molecule has 0 saturated carbocycles. The molecule has 0 unspecified atom stereocenters. The Labute approximate surface area is 156 Å². The fourth-order valence-corrected chi connectivity index (χ4v) is 3.37. The zero-order valence-electron chi connectivity index (χ0n) is 14.6. The van der Waals surface area contributed by atoms with Crippen LogP contribution in [0.1, 0.15) is 5.69 Å². The van der Waals surface area contributed by atoms with Crippen molar-refractivity contribution in [1.29, 1.82) is 5.26 Å². The second-order valence-corrected chi connectivity index (χ2v) is 6.18. The highest BCUT2D eigenvalue weighted by Gasteiger charge is 2.18. The van der Waals surface area contributed by atoms with Crippen LogP contribution in [0.5, 0.6) is 0 Å². The van der Waals surface area contributed by atoms with Gasteiger partial charge in [-0.3, -0.25) is 9.36 Å². The number of hydrogen-bond acceptors (Lipinski definition) is 3. The lowest BCUT2D eigenvalue weighted by Gasteiger charge is -2.15. The SMILES string of the molecule is C=CCn1c(C#N)c(-c2ccccc2)c2cc(-c3ccoc3)ccc2c1=O. The number of benzene rings is 2. The molecule has 0 fully saturated rings. The summed E-state index contributed by atoms with van der Waals surface area (Å²) in [6, 6.07) is 19.4. The zero-order chi connectivity index (χ0) is 18.8. The van der Waals surface area contributed by atoms with Gasteiger partial charge in [-0.15, -0.1) is 6.58 Å². The molecule has 2 aromatic carbocycles. The van der Waals surface area contributed by atoms with E-state index in [0.717, 1.165) is 27.6 Å². The lowest BCUT2D eigenvalue weighted by atomic mass is 9.94. The molecule has 4 rings (SSSR count). The van der Waals surface area contributed by atoms with Gasteiger partial charge < -0.3 is 4.42 Å². The van der Waals surface area contributed by atoms with Gasteiger partial charge in [0.15, 0.2) is 0 Å². The highest BCUT2D eigenvalue weighted by Crippen LogP contribution is 2.33. The van der Waals surface area contributed by atoms with Crippen molar-refractivity contribution in [3.05, 3.63) is 95.8 Å². The lowest BCUT2D eigenvalue weighted by Crippen LogP contribution is -2.23. The molecule has 0 N–H and O–H groups in total. The van der Waals surface area contributed by atoms with Crippen LogP contribution in [0, 0.1) is 11.3 Å².